The number of carbonyl (C=O) groups is 1. The summed E-state index contributed by atoms with van der Waals surface area (Å²) in [4.78, 5) is 11.9. The molecule has 1 aromatic carbocycles. The molecular formula is C15H22F2N2O3. The van der Waals surface area contributed by atoms with Crippen molar-refractivity contribution in [2.45, 2.75) is 40.0 Å². The molecule has 2 unspecified atom stereocenters. The lowest BCUT2D eigenvalue weighted by Gasteiger charge is -2.18. The van der Waals surface area contributed by atoms with Gasteiger partial charge in [-0.1, -0.05) is 19.1 Å². The van der Waals surface area contributed by atoms with E-state index in [0.717, 1.165) is 0 Å². The lowest BCUT2D eigenvalue weighted by atomic mass is 10.0. The molecule has 1 aromatic rings. The molecule has 0 aliphatic carbocycles. The van der Waals surface area contributed by atoms with Gasteiger partial charge in [-0.05, 0) is 19.9 Å². The molecule has 0 heterocycles. The quantitative estimate of drug-likeness (QED) is 0.772. The van der Waals surface area contributed by atoms with E-state index >= 15 is 0 Å². The van der Waals surface area contributed by atoms with Crippen LogP contribution in [0.2, 0.25) is 0 Å². The van der Waals surface area contributed by atoms with Crippen molar-refractivity contribution in [3.63, 3.8) is 0 Å². The van der Waals surface area contributed by atoms with Crippen molar-refractivity contribution in [1.29, 1.82) is 0 Å². The molecular weight excluding hydrogens is 294 g/mol. The lowest BCUT2D eigenvalue weighted by molar-refractivity contribution is -0.125. The SMILES string of the molecule is CCOc1cccc(CNC(=O)C(C)C(C)N)c1OC(F)F. The Hall–Kier alpha value is -1.89. The van der Waals surface area contributed by atoms with Crippen LogP contribution in [0.15, 0.2) is 18.2 Å². The van der Waals surface area contributed by atoms with Crippen LogP contribution in [0.25, 0.3) is 0 Å². The zero-order valence-corrected chi connectivity index (χ0v) is 12.9. The number of hydrogen-bond acceptors (Lipinski definition) is 4. The van der Waals surface area contributed by atoms with Gasteiger partial charge in [0.05, 0.1) is 6.61 Å². The third kappa shape index (κ3) is 5.14. The van der Waals surface area contributed by atoms with Crippen molar-refractivity contribution >= 4 is 5.91 Å². The van der Waals surface area contributed by atoms with Crippen LogP contribution in [0.4, 0.5) is 8.78 Å². The summed E-state index contributed by atoms with van der Waals surface area (Å²) < 4.78 is 35.0. The smallest absolute Gasteiger partial charge is 0.387 e. The van der Waals surface area contributed by atoms with E-state index in [1.54, 1.807) is 32.9 Å². The Labute approximate surface area is 128 Å². The fourth-order valence-corrected chi connectivity index (χ4v) is 1.77. The topological polar surface area (TPSA) is 73.6 Å². The van der Waals surface area contributed by atoms with E-state index in [1.165, 1.54) is 6.07 Å². The first kappa shape index (κ1) is 18.2. The van der Waals surface area contributed by atoms with E-state index in [-0.39, 0.29) is 35.9 Å². The van der Waals surface area contributed by atoms with E-state index in [4.69, 9.17) is 10.5 Å². The van der Waals surface area contributed by atoms with Gasteiger partial charge in [0, 0.05) is 24.1 Å². The van der Waals surface area contributed by atoms with Gasteiger partial charge in [-0.25, -0.2) is 0 Å². The molecule has 0 fully saturated rings. The Bertz CT molecular complexity index is 496. The van der Waals surface area contributed by atoms with Crippen LogP contribution in [0.1, 0.15) is 26.3 Å². The molecule has 0 bridgehead atoms. The fourth-order valence-electron chi connectivity index (χ4n) is 1.77. The van der Waals surface area contributed by atoms with Gasteiger partial charge in [-0.15, -0.1) is 0 Å². The lowest BCUT2D eigenvalue weighted by Crippen LogP contribution is -2.38. The molecule has 1 rings (SSSR count). The van der Waals surface area contributed by atoms with Crippen LogP contribution < -0.4 is 20.5 Å². The molecule has 3 N–H and O–H groups in total. The molecule has 22 heavy (non-hydrogen) atoms. The van der Waals surface area contributed by atoms with Crippen LogP contribution in [-0.4, -0.2) is 25.2 Å². The molecule has 124 valence electrons. The molecule has 0 aromatic heterocycles. The first-order valence-corrected chi connectivity index (χ1v) is 7.09. The summed E-state index contributed by atoms with van der Waals surface area (Å²) in [6.07, 6.45) is 0. The molecule has 5 nitrogen and oxygen atoms in total. The van der Waals surface area contributed by atoms with E-state index < -0.39 is 6.61 Å². The third-order valence-corrected chi connectivity index (χ3v) is 3.22. The van der Waals surface area contributed by atoms with Crippen LogP contribution >= 0.6 is 0 Å². The predicted molar refractivity (Wildman–Crippen MR) is 78.9 cm³/mol. The van der Waals surface area contributed by atoms with Crippen molar-refractivity contribution in [2.24, 2.45) is 11.7 Å². The van der Waals surface area contributed by atoms with Crippen molar-refractivity contribution in [1.82, 2.24) is 5.32 Å². The van der Waals surface area contributed by atoms with Crippen molar-refractivity contribution in [2.75, 3.05) is 6.61 Å². The second-order valence-electron chi connectivity index (χ2n) is 4.92. The van der Waals surface area contributed by atoms with Gasteiger partial charge in [0.2, 0.25) is 5.91 Å². The minimum atomic E-state index is -2.97. The molecule has 1 amide bonds. The number of rotatable bonds is 8. The number of carbonyl (C=O) groups excluding carboxylic acids is 1. The summed E-state index contributed by atoms with van der Waals surface area (Å²) in [7, 11) is 0. The van der Waals surface area contributed by atoms with Gasteiger partial charge >= 0.3 is 6.61 Å². The van der Waals surface area contributed by atoms with Crippen LogP contribution in [0, 0.1) is 5.92 Å². The fraction of sp³-hybridized carbons (Fsp3) is 0.533. The number of benzene rings is 1. The largest absolute Gasteiger partial charge is 0.490 e. The Morgan fingerprint density at radius 1 is 1.36 bits per heavy atom. The zero-order chi connectivity index (χ0) is 16.7. The molecule has 2 atom stereocenters. The summed E-state index contributed by atoms with van der Waals surface area (Å²) in [6, 6.07) is 4.49. The highest BCUT2D eigenvalue weighted by Crippen LogP contribution is 2.32. The standard InChI is InChI=1S/C15H22F2N2O3/c1-4-21-12-7-5-6-11(13(12)22-15(16)17)8-19-14(20)9(2)10(3)18/h5-7,9-10,15H,4,8,18H2,1-3H3,(H,19,20). The van der Waals surface area contributed by atoms with Gasteiger partial charge in [-0.3, -0.25) is 4.79 Å². The maximum atomic E-state index is 12.6. The van der Waals surface area contributed by atoms with Crippen molar-refractivity contribution in [3.8, 4) is 11.5 Å². The second-order valence-corrected chi connectivity index (χ2v) is 4.92. The van der Waals surface area contributed by atoms with Gasteiger partial charge in [0.1, 0.15) is 0 Å². The highest BCUT2D eigenvalue weighted by Gasteiger charge is 2.19. The number of amides is 1. The minimum Gasteiger partial charge on any atom is -0.490 e. The number of nitrogens with one attached hydrogen (secondary N) is 1. The van der Waals surface area contributed by atoms with Gasteiger partial charge in [-0.2, -0.15) is 8.78 Å². The molecule has 0 saturated heterocycles. The maximum absolute atomic E-state index is 12.6. The first-order valence-electron chi connectivity index (χ1n) is 7.09. The summed E-state index contributed by atoms with van der Waals surface area (Å²) in [5.41, 5.74) is 6.07. The number of para-hydroxylation sites is 1. The highest BCUT2D eigenvalue weighted by molar-refractivity contribution is 5.79. The average Bonchev–Trinajstić information content (AvgIpc) is 2.46. The number of ether oxygens (including phenoxy) is 2. The number of nitrogens with two attached hydrogens (primary N) is 1. The van der Waals surface area contributed by atoms with Crippen molar-refractivity contribution in [3.05, 3.63) is 23.8 Å². The van der Waals surface area contributed by atoms with E-state index in [2.05, 4.69) is 10.1 Å². The molecule has 0 aliphatic heterocycles. The summed E-state index contributed by atoms with van der Waals surface area (Å²) in [5, 5.41) is 2.66. The first-order chi connectivity index (χ1) is 10.4. The number of alkyl halides is 2. The van der Waals surface area contributed by atoms with Gasteiger partial charge < -0.3 is 20.5 Å². The predicted octanol–water partition coefficient (Wildman–Crippen LogP) is 2.29. The van der Waals surface area contributed by atoms with E-state index in [1.807, 2.05) is 0 Å². The zero-order valence-electron chi connectivity index (χ0n) is 12.9. The maximum Gasteiger partial charge on any atom is 0.387 e. The summed E-state index contributed by atoms with van der Waals surface area (Å²) in [6.45, 7) is 2.57. The Kier molecular flexibility index (Phi) is 7.04. The molecule has 0 radical (unpaired) electrons. The van der Waals surface area contributed by atoms with Crippen LogP contribution in [0.3, 0.4) is 0 Å². The van der Waals surface area contributed by atoms with Gasteiger partial charge in [0.25, 0.3) is 0 Å². The highest BCUT2D eigenvalue weighted by atomic mass is 19.3. The number of hydrogen-bond donors (Lipinski definition) is 2. The minimum absolute atomic E-state index is 0.0544. The Morgan fingerprint density at radius 3 is 2.59 bits per heavy atom. The van der Waals surface area contributed by atoms with E-state index in [0.29, 0.717) is 12.2 Å². The molecule has 0 saturated carbocycles. The average molecular weight is 316 g/mol. The summed E-state index contributed by atoms with van der Waals surface area (Å²) in [5.74, 6) is -0.475. The van der Waals surface area contributed by atoms with Crippen LogP contribution in [0.5, 0.6) is 11.5 Å². The number of halogens is 2. The molecule has 0 aliphatic rings. The second kappa shape index (κ2) is 8.53. The Morgan fingerprint density at radius 2 is 2.05 bits per heavy atom. The molecule has 7 heteroatoms. The summed E-state index contributed by atoms with van der Waals surface area (Å²) >= 11 is 0. The normalized spacial score (nSPS) is 13.6. The van der Waals surface area contributed by atoms with Crippen LogP contribution in [-0.2, 0) is 11.3 Å². The third-order valence-electron chi connectivity index (χ3n) is 3.22. The Balaban J connectivity index is 2.89. The molecule has 0 spiro atoms. The van der Waals surface area contributed by atoms with Crippen molar-refractivity contribution < 1.29 is 23.0 Å². The van der Waals surface area contributed by atoms with Gasteiger partial charge in [0.15, 0.2) is 11.5 Å². The van der Waals surface area contributed by atoms with E-state index in [9.17, 15) is 13.6 Å². The monoisotopic (exact) mass is 316 g/mol.